The van der Waals surface area contributed by atoms with Gasteiger partial charge < -0.3 is 10.1 Å². The number of nitrogens with one attached hydrogen (secondary N) is 1. The number of benzene rings is 2. The molecule has 3 rings (SSSR count). The minimum atomic E-state index is -0.496. The number of rotatable bonds is 5. The molecule has 1 heterocycles. The number of hydrogen-bond donors (Lipinski definition) is 1. The van der Waals surface area contributed by atoms with E-state index < -0.39 is 6.09 Å². The Morgan fingerprint density at radius 1 is 1.16 bits per heavy atom. The lowest BCUT2D eigenvalue weighted by molar-refractivity contribution is 0.200. The standard InChI is InChI=1S/C19H18ClN3O2/c1-14-18(13-22-23(14)17-5-3-2-4-6-17)25-19(24)21-12-11-15-7-9-16(20)10-8-15/h2-10,13H,11-12H2,1H3,(H,21,24). The van der Waals surface area contributed by atoms with Crippen LogP contribution in [0.5, 0.6) is 5.75 Å². The summed E-state index contributed by atoms with van der Waals surface area (Å²) in [5.41, 5.74) is 2.77. The Hall–Kier alpha value is -2.79. The fourth-order valence-corrected chi connectivity index (χ4v) is 2.55. The zero-order valence-electron chi connectivity index (χ0n) is 13.8. The van der Waals surface area contributed by atoms with Gasteiger partial charge in [-0.05, 0) is 43.2 Å². The highest BCUT2D eigenvalue weighted by atomic mass is 35.5. The maximum Gasteiger partial charge on any atom is 0.412 e. The van der Waals surface area contributed by atoms with Gasteiger partial charge in [0.25, 0.3) is 0 Å². The molecule has 0 spiro atoms. The molecule has 3 aromatic rings. The Morgan fingerprint density at radius 2 is 1.88 bits per heavy atom. The van der Waals surface area contributed by atoms with Gasteiger partial charge in [0.15, 0.2) is 5.75 Å². The lowest BCUT2D eigenvalue weighted by atomic mass is 10.1. The van der Waals surface area contributed by atoms with Crippen LogP contribution in [0.3, 0.4) is 0 Å². The van der Waals surface area contributed by atoms with E-state index in [-0.39, 0.29) is 0 Å². The summed E-state index contributed by atoms with van der Waals surface area (Å²) in [6.45, 7) is 2.34. The first-order valence-corrected chi connectivity index (χ1v) is 8.31. The van der Waals surface area contributed by atoms with Crippen molar-refractivity contribution in [1.82, 2.24) is 15.1 Å². The van der Waals surface area contributed by atoms with Crippen molar-refractivity contribution in [3.63, 3.8) is 0 Å². The van der Waals surface area contributed by atoms with E-state index >= 15 is 0 Å². The first-order chi connectivity index (χ1) is 12.1. The smallest absolute Gasteiger partial charge is 0.407 e. The second-order valence-corrected chi connectivity index (χ2v) is 5.97. The third-order valence-electron chi connectivity index (χ3n) is 3.76. The molecule has 2 aromatic carbocycles. The van der Waals surface area contributed by atoms with Crippen LogP contribution in [0.25, 0.3) is 5.69 Å². The van der Waals surface area contributed by atoms with E-state index in [4.69, 9.17) is 16.3 Å². The number of amides is 1. The zero-order chi connectivity index (χ0) is 17.6. The van der Waals surface area contributed by atoms with Crippen LogP contribution in [0.4, 0.5) is 4.79 Å². The fourth-order valence-electron chi connectivity index (χ4n) is 2.42. The summed E-state index contributed by atoms with van der Waals surface area (Å²) in [5, 5.41) is 7.71. The number of carbonyl (C=O) groups excluding carboxylic acids is 1. The summed E-state index contributed by atoms with van der Waals surface area (Å²) in [4.78, 5) is 12.0. The first kappa shape index (κ1) is 17.0. The molecular formula is C19H18ClN3O2. The molecule has 1 aromatic heterocycles. The van der Waals surface area contributed by atoms with Crippen LogP contribution in [-0.4, -0.2) is 22.4 Å². The van der Waals surface area contributed by atoms with Crippen molar-refractivity contribution in [3.05, 3.63) is 77.1 Å². The van der Waals surface area contributed by atoms with E-state index in [1.54, 1.807) is 10.9 Å². The summed E-state index contributed by atoms with van der Waals surface area (Å²) in [7, 11) is 0. The van der Waals surface area contributed by atoms with E-state index in [1.165, 1.54) is 0 Å². The number of halogens is 1. The molecule has 5 nitrogen and oxygen atoms in total. The predicted molar refractivity (Wildman–Crippen MR) is 97.5 cm³/mol. The highest BCUT2D eigenvalue weighted by Crippen LogP contribution is 2.20. The van der Waals surface area contributed by atoms with Gasteiger partial charge in [-0.1, -0.05) is 41.9 Å². The van der Waals surface area contributed by atoms with Crippen LogP contribution in [0.2, 0.25) is 5.02 Å². The van der Waals surface area contributed by atoms with Gasteiger partial charge in [0.1, 0.15) is 0 Å². The maximum absolute atomic E-state index is 12.0. The minimum absolute atomic E-state index is 0.438. The number of para-hydroxylation sites is 1. The Bertz CT molecular complexity index is 845. The molecule has 0 radical (unpaired) electrons. The van der Waals surface area contributed by atoms with Crippen molar-refractivity contribution in [2.45, 2.75) is 13.3 Å². The molecule has 0 unspecified atom stereocenters. The average Bonchev–Trinajstić information content (AvgIpc) is 2.98. The number of nitrogens with zero attached hydrogens (tertiary/aromatic N) is 2. The third-order valence-corrected chi connectivity index (χ3v) is 4.02. The van der Waals surface area contributed by atoms with Gasteiger partial charge in [0.2, 0.25) is 0 Å². The number of carbonyl (C=O) groups is 1. The van der Waals surface area contributed by atoms with Gasteiger partial charge in [-0.3, -0.25) is 0 Å². The highest BCUT2D eigenvalue weighted by Gasteiger charge is 2.12. The molecule has 0 aliphatic rings. The Balaban J connectivity index is 1.55. The second kappa shape index (κ2) is 7.85. The molecule has 0 saturated carbocycles. The van der Waals surface area contributed by atoms with Gasteiger partial charge in [0.05, 0.1) is 17.6 Å². The molecule has 0 bridgehead atoms. The molecule has 0 atom stereocenters. The summed E-state index contributed by atoms with van der Waals surface area (Å²) < 4.78 is 7.08. The maximum atomic E-state index is 12.0. The van der Waals surface area contributed by atoms with Crippen molar-refractivity contribution in [3.8, 4) is 11.4 Å². The highest BCUT2D eigenvalue weighted by molar-refractivity contribution is 6.30. The van der Waals surface area contributed by atoms with Crippen molar-refractivity contribution in [2.24, 2.45) is 0 Å². The van der Waals surface area contributed by atoms with E-state index in [9.17, 15) is 4.79 Å². The molecule has 1 N–H and O–H groups in total. The molecule has 0 fully saturated rings. The largest absolute Gasteiger partial charge is 0.412 e. The van der Waals surface area contributed by atoms with Gasteiger partial charge in [-0.15, -0.1) is 0 Å². The fraction of sp³-hybridized carbons (Fsp3) is 0.158. The molecular weight excluding hydrogens is 338 g/mol. The molecule has 1 amide bonds. The van der Waals surface area contributed by atoms with Crippen molar-refractivity contribution < 1.29 is 9.53 Å². The van der Waals surface area contributed by atoms with E-state index in [0.717, 1.165) is 16.9 Å². The Labute approximate surface area is 151 Å². The van der Waals surface area contributed by atoms with E-state index in [1.807, 2.05) is 61.5 Å². The Kier molecular flexibility index (Phi) is 5.36. The summed E-state index contributed by atoms with van der Waals surface area (Å²) >= 11 is 5.85. The van der Waals surface area contributed by atoms with Gasteiger partial charge >= 0.3 is 6.09 Å². The summed E-state index contributed by atoms with van der Waals surface area (Å²) in [6.07, 6.45) is 1.75. The van der Waals surface area contributed by atoms with Crippen LogP contribution in [0, 0.1) is 6.92 Å². The van der Waals surface area contributed by atoms with Crippen molar-refractivity contribution in [1.29, 1.82) is 0 Å². The van der Waals surface area contributed by atoms with Gasteiger partial charge in [-0.25, -0.2) is 9.48 Å². The minimum Gasteiger partial charge on any atom is -0.407 e. The first-order valence-electron chi connectivity index (χ1n) is 7.93. The lowest BCUT2D eigenvalue weighted by Crippen LogP contribution is -2.28. The van der Waals surface area contributed by atoms with E-state index in [0.29, 0.717) is 23.7 Å². The van der Waals surface area contributed by atoms with Crippen LogP contribution >= 0.6 is 11.6 Å². The Morgan fingerprint density at radius 3 is 2.60 bits per heavy atom. The number of aromatic nitrogens is 2. The lowest BCUT2D eigenvalue weighted by Gasteiger charge is -2.07. The molecule has 0 saturated heterocycles. The molecule has 6 heteroatoms. The normalized spacial score (nSPS) is 10.5. The van der Waals surface area contributed by atoms with Crippen molar-refractivity contribution >= 4 is 17.7 Å². The van der Waals surface area contributed by atoms with Crippen LogP contribution in [-0.2, 0) is 6.42 Å². The quantitative estimate of drug-likeness (QED) is 0.747. The molecule has 0 aliphatic carbocycles. The number of hydrogen-bond acceptors (Lipinski definition) is 3. The SMILES string of the molecule is Cc1c(OC(=O)NCCc2ccc(Cl)cc2)cnn1-c1ccccc1. The summed E-state index contributed by atoms with van der Waals surface area (Å²) in [5.74, 6) is 0.438. The van der Waals surface area contributed by atoms with Crippen LogP contribution in [0.15, 0.2) is 60.8 Å². The third kappa shape index (κ3) is 4.39. The summed E-state index contributed by atoms with van der Waals surface area (Å²) in [6, 6.07) is 17.2. The monoisotopic (exact) mass is 355 g/mol. The predicted octanol–water partition coefficient (Wildman–Crippen LogP) is 4.17. The van der Waals surface area contributed by atoms with Crippen LogP contribution < -0.4 is 10.1 Å². The van der Waals surface area contributed by atoms with Gasteiger partial charge in [0, 0.05) is 11.6 Å². The molecule has 0 aliphatic heterocycles. The van der Waals surface area contributed by atoms with Crippen molar-refractivity contribution in [2.75, 3.05) is 6.54 Å². The second-order valence-electron chi connectivity index (χ2n) is 5.53. The topological polar surface area (TPSA) is 56.1 Å². The molecule has 25 heavy (non-hydrogen) atoms. The van der Waals surface area contributed by atoms with Gasteiger partial charge in [-0.2, -0.15) is 5.10 Å². The molecule has 128 valence electrons. The van der Waals surface area contributed by atoms with Crippen LogP contribution in [0.1, 0.15) is 11.3 Å². The van der Waals surface area contributed by atoms with E-state index in [2.05, 4.69) is 10.4 Å². The average molecular weight is 356 g/mol. The zero-order valence-corrected chi connectivity index (χ0v) is 14.5. The number of ether oxygens (including phenoxy) is 1.